The molecule has 176 valence electrons. The number of benzene rings is 1. The Kier molecular flexibility index (Phi) is 6.85. The lowest BCUT2D eigenvalue weighted by molar-refractivity contribution is -0.155. The van der Waals surface area contributed by atoms with Gasteiger partial charge in [-0.2, -0.15) is 0 Å². The summed E-state index contributed by atoms with van der Waals surface area (Å²) in [6, 6.07) is 3.36. The summed E-state index contributed by atoms with van der Waals surface area (Å²) >= 11 is 5.86. The number of hydrogen-bond acceptors (Lipinski definition) is 6. The summed E-state index contributed by atoms with van der Waals surface area (Å²) in [6.45, 7) is 0. The summed E-state index contributed by atoms with van der Waals surface area (Å²) in [5.74, 6) is -1.41. The highest BCUT2D eigenvalue weighted by Gasteiger charge is 2.45. The van der Waals surface area contributed by atoms with Gasteiger partial charge in [0.2, 0.25) is 18.1 Å². The van der Waals surface area contributed by atoms with Crippen LogP contribution in [0.4, 0.5) is 10.5 Å². The number of aliphatic hydroxyl groups excluding tert-OH is 1. The van der Waals surface area contributed by atoms with Gasteiger partial charge in [-0.25, -0.2) is 4.79 Å². The van der Waals surface area contributed by atoms with Crippen LogP contribution in [0.25, 0.3) is 0 Å². The fourth-order valence-electron chi connectivity index (χ4n) is 4.40. The second-order valence-corrected chi connectivity index (χ2v) is 8.73. The van der Waals surface area contributed by atoms with Crippen molar-refractivity contribution in [1.29, 1.82) is 0 Å². The smallest absolute Gasteiger partial charge is 0.319 e. The molecular formula is C22H25ClN4O6. The first-order valence-corrected chi connectivity index (χ1v) is 11.2. The molecule has 4 amide bonds. The molecule has 2 unspecified atom stereocenters. The first-order valence-electron chi connectivity index (χ1n) is 10.8. The molecule has 10 nitrogen and oxygen atoms in total. The molecule has 0 spiro atoms. The van der Waals surface area contributed by atoms with E-state index in [1.807, 2.05) is 12.2 Å². The zero-order valence-electron chi connectivity index (χ0n) is 17.7. The fraction of sp³-hybridized carbons (Fsp3) is 0.455. The minimum Gasteiger partial charge on any atom is -0.434 e. The number of carbonyl (C=O) groups is 4. The van der Waals surface area contributed by atoms with Crippen LogP contribution in [0, 0.1) is 0 Å². The second-order valence-electron chi connectivity index (χ2n) is 8.29. The monoisotopic (exact) mass is 476 g/mol. The SMILES string of the molecule is O=C(Nc1ccc(Cl)cc1)N[C@H]1C/C=C\C[C@@H]2CC[C@@H](C(=O)NC3CC(=O)OC3O)N2C1=O. The quantitative estimate of drug-likeness (QED) is 0.382. The molecule has 4 rings (SSSR count). The van der Waals surface area contributed by atoms with Crippen molar-refractivity contribution in [2.45, 2.75) is 62.6 Å². The van der Waals surface area contributed by atoms with Crippen LogP contribution in [0.15, 0.2) is 36.4 Å². The molecule has 1 aromatic carbocycles. The van der Waals surface area contributed by atoms with Crippen molar-refractivity contribution < 1.29 is 29.0 Å². The van der Waals surface area contributed by atoms with Crippen molar-refractivity contribution >= 4 is 41.1 Å². The highest BCUT2D eigenvalue weighted by Crippen LogP contribution is 2.30. The summed E-state index contributed by atoms with van der Waals surface area (Å²) in [7, 11) is 0. The number of halogens is 1. The topological polar surface area (TPSA) is 137 Å². The maximum Gasteiger partial charge on any atom is 0.319 e. The molecule has 4 N–H and O–H groups in total. The Morgan fingerprint density at radius 3 is 2.48 bits per heavy atom. The van der Waals surface area contributed by atoms with Crippen molar-refractivity contribution in [1.82, 2.24) is 15.5 Å². The highest BCUT2D eigenvalue weighted by molar-refractivity contribution is 6.30. The molecule has 0 saturated carbocycles. The largest absolute Gasteiger partial charge is 0.434 e. The molecule has 2 fully saturated rings. The van der Waals surface area contributed by atoms with Crippen molar-refractivity contribution in [3.63, 3.8) is 0 Å². The number of hydrogen-bond donors (Lipinski definition) is 4. The van der Waals surface area contributed by atoms with E-state index in [2.05, 4.69) is 20.7 Å². The van der Waals surface area contributed by atoms with Gasteiger partial charge in [0, 0.05) is 16.8 Å². The lowest BCUT2D eigenvalue weighted by Crippen LogP contribution is -2.57. The van der Waals surface area contributed by atoms with Crippen LogP contribution in [0.1, 0.15) is 32.1 Å². The van der Waals surface area contributed by atoms with Gasteiger partial charge in [-0.3, -0.25) is 14.4 Å². The van der Waals surface area contributed by atoms with Crippen molar-refractivity contribution in [2.75, 3.05) is 5.32 Å². The third-order valence-electron chi connectivity index (χ3n) is 6.02. The number of esters is 1. The normalized spacial score (nSPS) is 30.0. The lowest BCUT2D eigenvalue weighted by Gasteiger charge is -2.34. The van der Waals surface area contributed by atoms with Gasteiger partial charge in [-0.05, 0) is 49.9 Å². The summed E-state index contributed by atoms with van der Waals surface area (Å²) in [5.41, 5.74) is 0.522. The number of nitrogens with zero attached hydrogens (tertiary/aromatic N) is 1. The van der Waals surface area contributed by atoms with Gasteiger partial charge in [0.05, 0.1) is 6.42 Å². The number of rotatable bonds is 4. The van der Waals surface area contributed by atoms with Crippen molar-refractivity contribution in [3.05, 3.63) is 41.4 Å². The summed E-state index contributed by atoms with van der Waals surface area (Å²) in [4.78, 5) is 51.7. The molecule has 0 bridgehead atoms. The zero-order valence-corrected chi connectivity index (χ0v) is 18.5. The van der Waals surface area contributed by atoms with Crippen LogP contribution >= 0.6 is 11.6 Å². The van der Waals surface area contributed by atoms with Gasteiger partial charge in [0.1, 0.15) is 18.1 Å². The minimum atomic E-state index is -1.41. The number of amides is 4. The molecule has 3 aliphatic heterocycles. The van der Waals surface area contributed by atoms with Crippen LogP contribution in [-0.4, -0.2) is 64.3 Å². The van der Waals surface area contributed by atoms with E-state index in [0.29, 0.717) is 30.0 Å². The number of nitrogens with one attached hydrogen (secondary N) is 3. The molecule has 0 aliphatic carbocycles. The Balaban J connectivity index is 1.44. The predicted molar refractivity (Wildman–Crippen MR) is 118 cm³/mol. The van der Waals surface area contributed by atoms with E-state index in [-0.39, 0.29) is 24.8 Å². The van der Waals surface area contributed by atoms with Crippen LogP contribution < -0.4 is 16.0 Å². The molecule has 3 aliphatic rings. The first kappa shape index (κ1) is 23.1. The molecule has 0 radical (unpaired) electrons. The van der Waals surface area contributed by atoms with Crippen molar-refractivity contribution in [2.24, 2.45) is 0 Å². The molecule has 5 atom stereocenters. The minimum absolute atomic E-state index is 0.130. The number of ether oxygens (including phenoxy) is 1. The number of fused-ring (bicyclic) bond motifs is 1. The molecule has 11 heteroatoms. The molecule has 1 aromatic rings. The standard InChI is InChI=1S/C22H25ClN4O6/c23-12-5-7-13(8-6-12)24-22(32)26-15-4-2-1-3-14-9-10-17(27(14)20(15)30)19(29)25-16-11-18(28)33-21(16)31/h1-2,5-8,14-17,21,31H,3-4,9-11H2,(H,25,29)(H2,24,26,32)/b2-1-/t14-,15+,16?,17+,21?/m1/s1. The van der Waals surface area contributed by atoms with Gasteiger partial charge < -0.3 is 30.7 Å². The maximum absolute atomic E-state index is 13.4. The van der Waals surface area contributed by atoms with Crippen LogP contribution in [-0.2, 0) is 19.1 Å². The average molecular weight is 477 g/mol. The Bertz CT molecular complexity index is 968. The van der Waals surface area contributed by atoms with E-state index in [4.69, 9.17) is 11.6 Å². The number of aliphatic hydroxyl groups is 1. The third-order valence-corrected chi connectivity index (χ3v) is 6.27. The Morgan fingerprint density at radius 1 is 1.06 bits per heavy atom. The lowest BCUT2D eigenvalue weighted by atomic mass is 10.0. The number of anilines is 1. The molecular weight excluding hydrogens is 452 g/mol. The average Bonchev–Trinajstić information content (AvgIpc) is 3.32. The predicted octanol–water partition coefficient (Wildman–Crippen LogP) is 1.29. The molecule has 33 heavy (non-hydrogen) atoms. The third kappa shape index (κ3) is 5.28. The van der Waals surface area contributed by atoms with E-state index in [0.717, 1.165) is 0 Å². The summed E-state index contributed by atoms with van der Waals surface area (Å²) in [5, 5.41) is 18.3. The molecule has 3 heterocycles. The second kappa shape index (κ2) is 9.80. The van der Waals surface area contributed by atoms with Crippen LogP contribution in [0.5, 0.6) is 0 Å². The summed E-state index contributed by atoms with van der Waals surface area (Å²) < 4.78 is 4.67. The Labute approximate surface area is 195 Å². The van der Waals surface area contributed by atoms with E-state index in [1.54, 1.807) is 24.3 Å². The number of carbonyl (C=O) groups excluding carboxylic acids is 4. The maximum atomic E-state index is 13.4. The van der Waals surface area contributed by atoms with Gasteiger partial charge in [0.15, 0.2) is 0 Å². The Morgan fingerprint density at radius 2 is 1.79 bits per heavy atom. The van der Waals surface area contributed by atoms with Crippen LogP contribution in [0.2, 0.25) is 5.02 Å². The van der Waals surface area contributed by atoms with E-state index in [1.165, 1.54) is 4.90 Å². The van der Waals surface area contributed by atoms with Gasteiger partial charge in [0.25, 0.3) is 0 Å². The molecule has 2 saturated heterocycles. The van der Waals surface area contributed by atoms with Gasteiger partial charge >= 0.3 is 12.0 Å². The number of urea groups is 1. The zero-order chi connectivity index (χ0) is 23.5. The van der Waals surface area contributed by atoms with E-state index >= 15 is 0 Å². The van der Waals surface area contributed by atoms with Crippen molar-refractivity contribution in [3.8, 4) is 0 Å². The summed E-state index contributed by atoms with van der Waals surface area (Å²) in [6.07, 6.45) is 4.22. The van der Waals surface area contributed by atoms with Gasteiger partial charge in [-0.1, -0.05) is 23.8 Å². The number of cyclic esters (lactones) is 1. The van der Waals surface area contributed by atoms with Crippen LogP contribution in [0.3, 0.4) is 0 Å². The first-order chi connectivity index (χ1) is 15.8. The Hall–Kier alpha value is -3.11. The highest BCUT2D eigenvalue weighted by atomic mass is 35.5. The van der Waals surface area contributed by atoms with Gasteiger partial charge in [-0.15, -0.1) is 0 Å². The van der Waals surface area contributed by atoms with E-state index < -0.39 is 42.3 Å². The fourth-order valence-corrected chi connectivity index (χ4v) is 4.52. The van der Waals surface area contributed by atoms with E-state index in [9.17, 15) is 24.3 Å². The molecule has 0 aromatic heterocycles.